The molecule has 0 saturated heterocycles. The van der Waals surface area contributed by atoms with Gasteiger partial charge < -0.3 is 5.32 Å². The molecule has 25 heavy (non-hydrogen) atoms. The molecule has 10 heteroatoms. The highest BCUT2D eigenvalue weighted by atomic mass is 35.5. The Hall–Kier alpha value is -2.52. The van der Waals surface area contributed by atoms with Gasteiger partial charge in [-0.25, -0.2) is 9.37 Å². The minimum Gasteiger partial charge on any atom is -0.310 e. The van der Waals surface area contributed by atoms with Crippen LogP contribution >= 0.6 is 23.4 Å². The van der Waals surface area contributed by atoms with Crippen LogP contribution in [0.3, 0.4) is 0 Å². The van der Waals surface area contributed by atoms with Crippen LogP contribution in [0.1, 0.15) is 6.92 Å². The Bertz CT molecular complexity index is 888. The van der Waals surface area contributed by atoms with Crippen LogP contribution in [-0.4, -0.2) is 36.3 Å². The van der Waals surface area contributed by atoms with Crippen LogP contribution in [0.5, 0.6) is 0 Å². The molecule has 1 amide bonds. The van der Waals surface area contributed by atoms with Gasteiger partial charge in [-0.05, 0) is 47.7 Å². The molecule has 3 aromatic rings. The normalized spacial score (nSPS) is 12.0. The number of aromatic nitrogens is 5. The van der Waals surface area contributed by atoms with Gasteiger partial charge in [0.25, 0.3) is 0 Å². The van der Waals surface area contributed by atoms with E-state index >= 15 is 0 Å². The van der Waals surface area contributed by atoms with Crippen LogP contribution in [0.15, 0.2) is 47.8 Å². The summed E-state index contributed by atoms with van der Waals surface area (Å²) in [7, 11) is 0. The zero-order valence-electron chi connectivity index (χ0n) is 12.9. The first-order chi connectivity index (χ1) is 12.0. The second-order valence-electron chi connectivity index (χ2n) is 4.96. The Morgan fingerprint density at radius 2 is 2.20 bits per heavy atom. The van der Waals surface area contributed by atoms with E-state index in [2.05, 4.69) is 25.8 Å². The third-order valence-electron chi connectivity index (χ3n) is 3.12. The van der Waals surface area contributed by atoms with Crippen LogP contribution in [0.2, 0.25) is 5.02 Å². The van der Waals surface area contributed by atoms with Crippen molar-refractivity contribution in [2.45, 2.75) is 17.3 Å². The number of pyridine rings is 1. The highest BCUT2D eigenvalue weighted by molar-refractivity contribution is 8.00. The molecular weight excluding hydrogens is 367 g/mol. The smallest absolute Gasteiger partial charge is 0.238 e. The van der Waals surface area contributed by atoms with E-state index in [1.165, 1.54) is 23.0 Å². The second kappa shape index (κ2) is 7.58. The Morgan fingerprint density at radius 3 is 2.92 bits per heavy atom. The molecule has 3 rings (SSSR count). The summed E-state index contributed by atoms with van der Waals surface area (Å²) < 4.78 is 14.8. The molecule has 0 saturated carbocycles. The lowest BCUT2D eigenvalue weighted by atomic mass is 10.3. The van der Waals surface area contributed by atoms with Gasteiger partial charge in [0, 0.05) is 6.20 Å². The van der Waals surface area contributed by atoms with Crippen LogP contribution in [0.25, 0.3) is 5.69 Å². The van der Waals surface area contributed by atoms with Crippen LogP contribution in [0.4, 0.5) is 10.2 Å². The van der Waals surface area contributed by atoms with Gasteiger partial charge in [0.2, 0.25) is 11.1 Å². The summed E-state index contributed by atoms with van der Waals surface area (Å²) in [5, 5.41) is 14.4. The van der Waals surface area contributed by atoms with Crippen molar-refractivity contribution in [1.29, 1.82) is 0 Å². The highest BCUT2D eigenvalue weighted by Gasteiger charge is 2.19. The number of halogens is 2. The second-order valence-corrected chi connectivity index (χ2v) is 6.71. The number of hydrogen-bond donors (Lipinski definition) is 1. The molecule has 0 radical (unpaired) electrons. The number of rotatable bonds is 5. The monoisotopic (exact) mass is 378 g/mol. The van der Waals surface area contributed by atoms with E-state index in [1.807, 2.05) is 0 Å². The van der Waals surface area contributed by atoms with Gasteiger partial charge in [0.1, 0.15) is 11.6 Å². The van der Waals surface area contributed by atoms with E-state index in [9.17, 15) is 9.18 Å². The van der Waals surface area contributed by atoms with Gasteiger partial charge >= 0.3 is 0 Å². The molecule has 0 unspecified atom stereocenters. The number of nitrogens with one attached hydrogen (secondary N) is 1. The van der Waals surface area contributed by atoms with Gasteiger partial charge in [-0.3, -0.25) is 4.79 Å². The summed E-state index contributed by atoms with van der Waals surface area (Å²) >= 11 is 6.91. The van der Waals surface area contributed by atoms with E-state index in [-0.39, 0.29) is 5.91 Å². The maximum absolute atomic E-state index is 13.4. The topological polar surface area (TPSA) is 85.6 Å². The van der Waals surface area contributed by atoms with Crippen LogP contribution < -0.4 is 5.32 Å². The minimum atomic E-state index is -0.504. The SMILES string of the molecule is C[C@H](Sc1nnnn1-c1cccc(F)c1)C(=O)Nc1ccc(Cl)cn1. The fourth-order valence-electron chi connectivity index (χ4n) is 1.91. The molecule has 128 valence electrons. The van der Waals surface area contributed by atoms with Gasteiger partial charge in [-0.2, -0.15) is 4.68 Å². The molecule has 0 bridgehead atoms. The molecule has 1 N–H and O–H groups in total. The van der Waals surface area contributed by atoms with Crippen molar-refractivity contribution in [3.8, 4) is 5.69 Å². The van der Waals surface area contributed by atoms with Crippen molar-refractivity contribution in [2.75, 3.05) is 5.32 Å². The Kier molecular flexibility index (Phi) is 5.25. The average molecular weight is 379 g/mol. The number of carbonyl (C=O) groups is 1. The van der Waals surface area contributed by atoms with Gasteiger partial charge in [0.15, 0.2) is 0 Å². The molecule has 1 atom stereocenters. The van der Waals surface area contributed by atoms with Crippen LogP contribution in [-0.2, 0) is 4.79 Å². The largest absolute Gasteiger partial charge is 0.310 e. The number of tetrazole rings is 1. The van der Waals surface area contributed by atoms with Crippen LogP contribution in [0, 0.1) is 5.82 Å². The number of thioether (sulfide) groups is 1. The first-order valence-corrected chi connectivity index (χ1v) is 8.42. The molecule has 7 nitrogen and oxygen atoms in total. The summed E-state index contributed by atoms with van der Waals surface area (Å²) in [6.07, 6.45) is 1.44. The Morgan fingerprint density at radius 1 is 1.36 bits per heavy atom. The van der Waals surface area contributed by atoms with Gasteiger partial charge in [-0.1, -0.05) is 29.4 Å². The van der Waals surface area contributed by atoms with Crippen molar-refractivity contribution in [1.82, 2.24) is 25.2 Å². The first-order valence-electron chi connectivity index (χ1n) is 7.16. The third-order valence-corrected chi connectivity index (χ3v) is 4.38. The molecule has 0 spiro atoms. The quantitative estimate of drug-likeness (QED) is 0.687. The standard InChI is InChI=1S/C15H12ClFN6OS/c1-9(14(24)19-13-6-5-10(16)8-18-13)25-15-20-21-22-23(15)12-4-2-3-11(17)7-12/h2-9H,1H3,(H,18,19,24)/t9-/m0/s1. The lowest BCUT2D eigenvalue weighted by Crippen LogP contribution is -2.23. The first kappa shape index (κ1) is 17.3. The molecule has 0 aliphatic heterocycles. The maximum atomic E-state index is 13.4. The summed E-state index contributed by atoms with van der Waals surface area (Å²) in [4.78, 5) is 16.3. The maximum Gasteiger partial charge on any atom is 0.238 e. The highest BCUT2D eigenvalue weighted by Crippen LogP contribution is 2.24. The fraction of sp³-hybridized carbons (Fsp3) is 0.133. The zero-order chi connectivity index (χ0) is 17.8. The lowest BCUT2D eigenvalue weighted by molar-refractivity contribution is -0.115. The predicted octanol–water partition coefficient (Wildman–Crippen LogP) is 2.97. The van der Waals surface area contributed by atoms with Crippen molar-refractivity contribution in [3.05, 3.63) is 53.4 Å². The molecule has 2 heterocycles. The number of hydrogen-bond acceptors (Lipinski definition) is 6. The number of amides is 1. The summed E-state index contributed by atoms with van der Waals surface area (Å²) in [5.41, 5.74) is 0.472. The molecular formula is C15H12ClFN6OS. The lowest BCUT2D eigenvalue weighted by Gasteiger charge is -2.11. The number of carbonyl (C=O) groups excluding carboxylic acids is 1. The zero-order valence-corrected chi connectivity index (χ0v) is 14.5. The van der Waals surface area contributed by atoms with Gasteiger partial charge in [-0.15, -0.1) is 5.10 Å². The minimum absolute atomic E-state index is 0.270. The van der Waals surface area contributed by atoms with Crippen molar-refractivity contribution in [3.63, 3.8) is 0 Å². The van der Waals surface area contributed by atoms with E-state index < -0.39 is 11.1 Å². The third kappa shape index (κ3) is 4.31. The molecule has 0 fully saturated rings. The summed E-state index contributed by atoms with van der Waals surface area (Å²) in [6.45, 7) is 1.71. The van der Waals surface area contributed by atoms with Crippen molar-refractivity contribution in [2.24, 2.45) is 0 Å². The molecule has 1 aromatic carbocycles. The Labute approximate surface area is 151 Å². The van der Waals surface area contributed by atoms with Crippen molar-refractivity contribution >= 4 is 35.1 Å². The summed E-state index contributed by atoms with van der Waals surface area (Å²) in [5.74, 6) is -0.274. The molecule has 0 aliphatic carbocycles. The number of anilines is 1. The van der Waals surface area contributed by atoms with Gasteiger partial charge in [0.05, 0.1) is 16.0 Å². The summed E-state index contributed by atoms with van der Waals surface area (Å²) in [6, 6.07) is 9.11. The number of benzene rings is 1. The number of nitrogens with zero attached hydrogens (tertiary/aromatic N) is 5. The fourth-order valence-corrected chi connectivity index (χ4v) is 2.83. The van der Waals surface area contributed by atoms with E-state index in [4.69, 9.17) is 11.6 Å². The molecule has 2 aromatic heterocycles. The predicted molar refractivity (Wildman–Crippen MR) is 92.3 cm³/mol. The Balaban J connectivity index is 1.71. The van der Waals surface area contributed by atoms with E-state index in [1.54, 1.807) is 31.2 Å². The van der Waals surface area contributed by atoms with E-state index in [0.29, 0.717) is 21.7 Å². The average Bonchev–Trinajstić information content (AvgIpc) is 3.05. The van der Waals surface area contributed by atoms with Crippen molar-refractivity contribution < 1.29 is 9.18 Å². The van der Waals surface area contributed by atoms with E-state index in [0.717, 1.165) is 11.8 Å². The molecule has 0 aliphatic rings.